The first-order valence-electron chi connectivity index (χ1n) is 7.99. The summed E-state index contributed by atoms with van der Waals surface area (Å²) in [5.41, 5.74) is 4.76. The van der Waals surface area contributed by atoms with E-state index in [1.165, 1.54) is 0 Å². The monoisotopic (exact) mass is 326 g/mol. The second-order valence-electron chi connectivity index (χ2n) is 5.85. The summed E-state index contributed by atoms with van der Waals surface area (Å²) in [6, 6.07) is 5.31. The number of aliphatic hydroxyl groups is 1. The maximum atomic E-state index is 12.8. The van der Waals surface area contributed by atoms with Crippen LogP contribution in [0.1, 0.15) is 34.2 Å². The van der Waals surface area contributed by atoms with Gasteiger partial charge in [0.2, 0.25) is 0 Å². The first-order valence-corrected chi connectivity index (χ1v) is 7.99. The number of aromatic amines is 1. The molecule has 2 aromatic heterocycles. The zero-order valence-electron chi connectivity index (χ0n) is 13.4. The molecule has 3 aromatic rings. The number of hydrogen-bond donors (Lipinski definition) is 2. The number of hydrogen-bond acceptors (Lipinski definition) is 5. The van der Waals surface area contributed by atoms with Crippen LogP contribution in [0.5, 0.6) is 0 Å². The van der Waals surface area contributed by atoms with Gasteiger partial charge in [0, 0.05) is 42.9 Å². The van der Waals surface area contributed by atoms with E-state index in [1.54, 1.807) is 23.1 Å². The summed E-state index contributed by atoms with van der Waals surface area (Å²) >= 11 is 0. The predicted molar refractivity (Wildman–Crippen MR) is 86.2 cm³/mol. The van der Waals surface area contributed by atoms with E-state index in [4.69, 9.17) is 0 Å². The summed E-state index contributed by atoms with van der Waals surface area (Å²) in [5.74, 6) is -0.0429. The van der Waals surface area contributed by atoms with Gasteiger partial charge >= 0.3 is 0 Å². The minimum Gasteiger partial charge on any atom is -0.390 e. The van der Waals surface area contributed by atoms with Gasteiger partial charge in [-0.05, 0) is 25.1 Å². The van der Waals surface area contributed by atoms with Crippen LogP contribution in [0, 0.1) is 0 Å². The number of carbonyl (C=O) groups is 1. The van der Waals surface area contributed by atoms with Crippen molar-refractivity contribution in [2.45, 2.75) is 33.0 Å². The topological polar surface area (TPSA) is 99.9 Å². The summed E-state index contributed by atoms with van der Waals surface area (Å²) in [6.45, 7) is 3.79. The largest absolute Gasteiger partial charge is 0.390 e. The van der Waals surface area contributed by atoms with E-state index in [2.05, 4.69) is 20.5 Å². The molecule has 2 N–H and O–H groups in total. The molecule has 4 rings (SSSR count). The number of fused-ring (bicyclic) bond motifs is 2. The van der Waals surface area contributed by atoms with Gasteiger partial charge < -0.3 is 10.0 Å². The highest BCUT2D eigenvalue weighted by molar-refractivity contribution is 5.97. The number of aromatic nitrogens is 5. The highest BCUT2D eigenvalue weighted by Gasteiger charge is 2.27. The fraction of sp³-hybridized carbons (Fsp3) is 0.375. The van der Waals surface area contributed by atoms with E-state index in [-0.39, 0.29) is 12.5 Å². The zero-order valence-corrected chi connectivity index (χ0v) is 13.4. The van der Waals surface area contributed by atoms with Crippen LogP contribution >= 0.6 is 0 Å². The molecule has 0 bridgehead atoms. The lowest BCUT2D eigenvalue weighted by Gasteiger charge is -2.28. The molecule has 1 aromatic carbocycles. The van der Waals surface area contributed by atoms with Crippen molar-refractivity contribution in [3.63, 3.8) is 0 Å². The van der Waals surface area contributed by atoms with E-state index in [9.17, 15) is 9.90 Å². The Hall–Kier alpha value is -2.74. The Morgan fingerprint density at radius 3 is 2.96 bits per heavy atom. The Kier molecular flexibility index (Phi) is 3.53. The number of aryl methyl sites for hydroxylation is 1. The van der Waals surface area contributed by atoms with Crippen molar-refractivity contribution < 1.29 is 9.90 Å². The highest BCUT2D eigenvalue weighted by Crippen LogP contribution is 2.24. The lowest BCUT2D eigenvalue weighted by atomic mass is 10.0. The van der Waals surface area contributed by atoms with Crippen molar-refractivity contribution in [3.8, 4) is 0 Å². The lowest BCUT2D eigenvalue weighted by Crippen LogP contribution is -2.36. The van der Waals surface area contributed by atoms with Crippen molar-refractivity contribution in [2.75, 3.05) is 6.54 Å². The van der Waals surface area contributed by atoms with Gasteiger partial charge in [-0.3, -0.25) is 9.48 Å². The first kappa shape index (κ1) is 14.8. The molecule has 1 aliphatic rings. The van der Waals surface area contributed by atoms with Gasteiger partial charge in [-0.1, -0.05) is 0 Å². The van der Waals surface area contributed by atoms with Crippen LogP contribution in [0.25, 0.3) is 11.0 Å². The van der Waals surface area contributed by atoms with Gasteiger partial charge in [-0.2, -0.15) is 20.5 Å². The molecule has 24 heavy (non-hydrogen) atoms. The molecule has 0 aliphatic carbocycles. The summed E-state index contributed by atoms with van der Waals surface area (Å²) in [4.78, 5) is 14.6. The van der Waals surface area contributed by atoms with Crippen LogP contribution in [0.2, 0.25) is 0 Å². The van der Waals surface area contributed by atoms with Crippen molar-refractivity contribution in [3.05, 3.63) is 40.7 Å². The van der Waals surface area contributed by atoms with E-state index in [0.717, 1.165) is 29.7 Å². The number of carbonyl (C=O) groups excluding carboxylic acids is 1. The number of rotatable bonds is 3. The standard InChI is InChI=1S/C16H18N6O2/c1-2-22-15-5-6-21(8-11(15)14(9-23)19-22)16(24)10-3-4-12-13(7-10)18-20-17-12/h3-4,7,23H,2,5-6,8-9H2,1H3,(H,17,18,20). The Bertz CT molecular complexity index is 913. The molecule has 0 saturated carbocycles. The zero-order chi connectivity index (χ0) is 16.7. The number of nitrogens with zero attached hydrogens (tertiary/aromatic N) is 5. The van der Waals surface area contributed by atoms with E-state index >= 15 is 0 Å². The number of nitrogens with one attached hydrogen (secondary N) is 1. The van der Waals surface area contributed by atoms with Crippen LogP contribution in [-0.2, 0) is 26.1 Å². The van der Waals surface area contributed by atoms with Crippen molar-refractivity contribution in [2.24, 2.45) is 0 Å². The van der Waals surface area contributed by atoms with Crippen LogP contribution in [0.15, 0.2) is 18.2 Å². The van der Waals surface area contributed by atoms with Crippen molar-refractivity contribution in [1.29, 1.82) is 0 Å². The maximum absolute atomic E-state index is 12.8. The molecule has 1 aliphatic heterocycles. The summed E-state index contributed by atoms with van der Waals surface area (Å²) in [5, 5.41) is 24.6. The summed E-state index contributed by atoms with van der Waals surface area (Å²) < 4.78 is 1.92. The fourth-order valence-corrected chi connectivity index (χ4v) is 3.28. The molecule has 124 valence electrons. The Labute approximate surface area is 138 Å². The minimum atomic E-state index is -0.109. The van der Waals surface area contributed by atoms with Crippen molar-refractivity contribution in [1.82, 2.24) is 30.1 Å². The SMILES string of the molecule is CCn1nc(CO)c2c1CCN(C(=O)c1ccc3n[nH]nc3c1)C2. The van der Waals surface area contributed by atoms with E-state index in [0.29, 0.717) is 29.9 Å². The molecule has 0 fully saturated rings. The Balaban J connectivity index is 1.63. The molecular formula is C16H18N6O2. The lowest BCUT2D eigenvalue weighted by molar-refractivity contribution is 0.0732. The number of amides is 1. The Morgan fingerprint density at radius 2 is 2.17 bits per heavy atom. The molecule has 1 amide bonds. The molecule has 0 spiro atoms. The molecular weight excluding hydrogens is 308 g/mol. The maximum Gasteiger partial charge on any atom is 0.254 e. The van der Waals surface area contributed by atoms with E-state index in [1.807, 2.05) is 11.6 Å². The number of H-pyrrole nitrogens is 1. The first-order chi connectivity index (χ1) is 11.7. The number of benzene rings is 1. The number of aliphatic hydroxyl groups excluding tert-OH is 1. The molecule has 0 unspecified atom stereocenters. The Morgan fingerprint density at radius 1 is 1.33 bits per heavy atom. The molecule has 8 heteroatoms. The predicted octanol–water partition coefficient (Wildman–Crippen LogP) is 0.865. The molecule has 8 nitrogen and oxygen atoms in total. The van der Waals surface area contributed by atoms with Crippen LogP contribution < -0.4 is 0 Å². The summed E-state index contributed by atoms with van der Waals surface area (Å²) in [6.07, 6.45) is 0.744. The molecule has 3 heterocycles. The van der Waals surface area contributed by atoms with Crippen LogP contribution in [0.4, 0.5) is 0 Å². The van der Waals surface area contributed by atoms with Gasteiger partial charge in [0.15, 0.2) is 0 Å². The third-order valence-electron chi connectivity index (χ3n) is 4.52. The normalized spacial score (nSPS) is 14.2. The minimum absolute atomic E-state index is 0.0429. The third-order valence-corrected chi connectivity index (χ3v) is 4.52. The van der Waals surface area contributed by atoms with Gasteiger partial charge in [0.05, 0.1) is 12.3 Å². The quantitative estimate of drug-likeness (QED) is 0.744. The van der Waals surface area contributed by atoms with Crippen molar-refractivity contribution >= 4 is 16.9 Å². The smallest absolute Gasteiger partial charge is 0.254 e. The van der Waals surface area contributed by atoms with E-state index < -0.39 is 0 Å². The summed E-state index contributed by atoms with van der Waals surface area (Å²) in [7, 11) is 0. The third kappa shape index (κ3) is 2.26. The second-order valence-corrected chi connectivity index (χ2v) is 5.85. The van der Waals surface area contributed by atoms with Gasteiger partial charge in [-0.15, -0.1) is 0 Å². The van der Waals surface area contributed by atoms with Gasteiger partial charge in [0.25, 0.3) is 5.91 Å². The van der Waals surface area contributed by atoms with Crippen LogP contribution in [-0.4, -0.2) is 47.6 Å². The fourth-order valence-electron chi connectivity index (χ4n) is 3.28. The van der Waals surface area contributed by atoms with Gasteiger partial charge in [-0.25, -0.2) is 0 Å². The molecule has 0 atom stereocenters. The van der Waals surface area contributed by atoms with Crippen LogP contribution in [0.3, 0.4) is 0 Å². The highest BCUT2D eigenvalue weighted by atomic mass is 16.3. The average molecular weight is 326 g/mol. The second kappa shape index (κ2) is 5.72. The van der Waals surface area contributed by atoms with Gasteiger partial charge in [0.1, 0.15) is 11.0 Å². The average Bonchev–Trinajstić information content (AvgIpc) is 3.23. The molecule has 0 saturated heterocycles. The molecule has 0 radical (unpaired) electrons.